The van der Waals surface area contributed by atoms with Crippen molar-refractivity contribution in [1.29, 1.82) is 0 Å². The van der Waals surface area contributed by atoms with Gasteiger partial charge in [-0.2, -0.15) is 0 Å². The van der Waals surface area contributed by atoms with E-state index in [9.17, 15) is 34.1 Å². The minimum atomic E-state index is -1.45. The Morgan fingerprint density at radius 3 is 2.38 bits per heavy atom. The van der Waals surface area contributed by atoms with Crippen molar-refractivity contribution < 1.29 is 38.4 Å². The number of ether oxygens (including phenoxy) is 2. The lowest BCUT2D eigenvalue weighted by Crippen LogP contribution is -2.56. The molecule has 13 nitrogen and oxygen atoms in total. The quantitative estimate of drug-likeness (QED) is 0.107. The number of carbonyl (C=O) groups excluding carboxylic acids is 5. The molecule has 45 heavy (non-hydrogen) atoms. The number of halogens is 1. The first-order valence-corrected chi connectivity index (χ1v) is 15.1. The zero-order valence-electron chi connectivity index (χ0n) is 24.9. The van der Waals surface area contributed by atoms with Crippen LogP contribution in [0.1, 0.15) is 61.4 Å². The first-order valence-electron chi connectivity index (χ1n) is 14.7. The summed E-state index contributed by atoms with van der Waals surface area (Å²) in [5.41, 5.74) is 0.249. The van der Waals surface area contributed by atoms with Crippen LogP contribution in [0.15, 0.2) is 48.5 Å². The summed E-state index contributed by atoms with van der Waals surface area (Å²) >= 11 is 5.89. The second-order valence-corrected chi connectivity index (χ2v) is 11.0. The number of esters is 1. The lowest BCUT2D eigenvalue weighted by atomic mass is 9.84. The van der Waals surface area contributed by atoms with E-state index in [0.29, 0.717) is 0 Å². The van der Waals surface area contributed by atoms with Crippen molar-refractivity contribution in [1.82, 2.24) is 16.0 Å². The molecule has 1 unspecified atom stereocenters. The van der Waals surface area contributed by atoms with Crippen molar-refractivity contribution >= 4 is 46.8 Å². The first-order chi connectivity index (χ1) is 21.6. The summed E-state index contributed by atoms with van der Waals surface area (Å²) < 4.78 is 10.4. The Labute approximate surface area is 265 Å². The zero-order chi connectivity index (χ0) is 32.8. The second-order valence-electron chi connectivity index (χ2n) is 10.6. The SMILES string of the molecule is CCOC(=O)CNC(=O)C(=O)C(COCc1ccccc1)NC(=O)[C@@H](CC1CCCCC1)NC(=O)c1ccc(Cl)c([N+](=O)[O-])c1. The molecule has 0 heterocycles. The van der Waals surface area contributed by atoms with Crippen molar-refractivity contribution in [3.8, 4) is 0 Å². The largest absolute Gasteiger partial charge is 0.465 e. The van der Waals surface area contributed by atoms with E-state index in [2.05, 4.69) is 16.0 Å². The van der Waals surface area contributed by atoms with Gasteiger partial charge in [-0.05, 0) is 37.0 Å². The fraction of sp³-hybridized carbons (Fsp3) is 0.452. The molecule has 1 aliphatic carbocycles. The molecule has 0 aromatic heterocycles. The highest BCUT2D eigenvalue weighted by atomic mass is 35.5. The molecule has 0 spiro atoms. The van der Waals surface area contributed by atoms with Crippen LogP contribution < -0.4 is 16.0 Å². The number of carbonyl (C=O) groups is 5. The first kappa shape index (κ1) is 35.1. The van der Waals surface area contributed by atoms with Gasteiger partial charge >= 0.3 is 5.97 Å². The summed E-state index contributed by atoms with van der Waals surface area (Å²) in [6, 6.07) is 10.00. The van der Waals surface area contributed by atoms with E-state index in [1.807, 2.05) is 6.07 Å². The van der Waals surface area contributed by atoms with Crippen LogP contribution in [0.5, 0.6) is 0 Å². The van der Waals surface area contributed by atoms with Crippen molar-refractivity contribution in [2.24, 2.45) is 5.92 Å². The number of ketones is 1. The highest BCUT2D eigenvalue weighted by Gasteiger charge is 2.33. The maximum Gasteiger partial charge on any atom is 0.325 e. The van der Waals surface area contributed by atoms with Crippen LogP contribution in [0, 0.1) is 16.0 Å². The molecule has 1 fully saturated rings. The number of Topliss-reactive ketones (excluding diaryl/α,β-unsaturated/α-hetero) is 1. The van der Waals surface area contributed by atoms with E-state index in [4.69, 9.17) is 21.1 Å². The second kappa shape index (κ2) is 17.8. The van der Waals surface area contributed by atoms with Gasteiger partial charge in [-0.3, -0.25) is 34.1 Å². The fourth-order valence-corrected chi connectivity index (χ4v) is 5.14. The van der Waals surface area contributed by atoms with Crippen molar-refractivity contribution in [3.05, 3.63) is 74.8 Å². The van der Waals surface area contributed by atoms with E-state index >= 15 is 0 Å². The number of hydrogen-bond acceptors (Lipinski definition) is 9. The number of nitrogens with one attached hydrogen (secondary N) is 3. The van der Waals surface area contributed by atoms with Gasteiger partial charge in [0, 0.05) is 11.6 Å². The van der Waals surface area contributed by atoms with Gasteiger partial charge < -0.3 is 25.4 Å². The fourth-order valence-electron chi connectivity index (χ4n) is 4.96. The molecule has 3 amide bonds. The van der Waals surface area contributed by atoms with Crippen LogP contribution in [0.4, 0.5) is 5.69 Å². The molecule has 0 saturated heterocycles. The number of nitro groups is 1. The Morgan fingerprint density at radius 1 is 1.00 bits per heavy atom. The predicted molar refractivity (Wildman–Crippen MR) is 163 cm³/mol. The van der Waals surface area contributed by atoms with Gasteiger partial charge in [0.05, 0.1) is 24.7 Å². The molecule has 3 N–H and O–H groups in total. The van der Waals surface area contributed by atoms with Gasteiger partial charge in [0.1, 0.15) is 23.7 Å². The molecule has 242 valence electrons. The Kier molecular flexibility index (Phi) is 13.9. The summed E-state index contributed by atoms with van der Waals surface area (Å²) in [5.74, 6) is -4.31. The van der Waals surface area contributed by atoms with E-state index < -0.39 is 58.7 Å². The van der Waals surface area contributed by atoms with Crippen LogP contribution in [-0.2, 0) is 35.3 Å². The number of nitrogens with zero attached hydrogens (tertiary/aromatic N) is 1. The number of amides is 3. The van der Waals surface area contributed by atoms with E-state index in [0.717, 1.165) is 43.7 Å². The number of hydrogen-bond donors (Lipinski definition) is 3. The normalized spacial score (nSPS) is 14.4. The number of rotatable bonds is 16. The summed E-state index contributed by atoms with van der Waals surface area (Å²) in [6.45, 7) is 0.850. The van der Waals surface area contributed by atoms with E-state index in [1.165, 1.54) is 12.1 Å². The van der Waals surface area contributed by atoms with Gasteiger partial charge in [0.2, 0.25) is 11.7 Å². The van der Waals surface area contributed by atoms with E-state index in [-0.39, 0.29) is 42.7 Å². The number of benzene rings is 2. The van der Waals surface area contributed by atoms with E-state index in [1.54, 1.807) is 31.2 Å². The summed E-state index contributed by atoms with van der Waals surface area (Å²) in [5, 5.41) is 18.6. The average Bonchev–Trinajstić information content (AvgIpc) is 3.03. The molecule has 2 atom stereocenters. The van der Waals surface area contributed by atoms with Crippen LogP contribution in [0.2, 0.25) is 5.02 Å². The van der Waals surface area contributed by atoms with Crippen LogP contribution in [-0.4, -0.2) is 66.2 Å². The van der Waals surface area contributed by atoms with Gasteiger partial charge in [0.25, 0.3) is 17.5 Å². The third kappa shape index (κ3) is 11.3. The molecular weight excluding hydrogens is 608 g/mol. The molecular formula is C31H37ClN4O9. The highest BCUT2D eigenvalue weighted by molar-refractivity contribution is 6.38. The van der Waals surface area contributed by atoms with Crippen LogP contribution >= 0.6 is 11.6 Å². The summed E-state index contributed by atoms with van der Waals surface area (Å²) in [6.07, 6.45) is 4.91. The molecule has 0 bridgehead atoms. The van der Waals surface area contributed by atoms with Gasteiger partial charge in [0.15, 0.2) is 0 Å². The van der Waals surface area contributed by atoms with Crippen molar-refractivity contribution in [2.45, 2.75) is 64.1 Å². The maximum absolute atomic E-state index is 13.7. The smallest absolute Gasteiger partial charge is 0.325 e. The Bertz CT molecular complexity index is 1370. The minimum absolute atomic E-state index is 0.0790. The number of nitro benzene ring substituents is 1. The van der Waals surface area contributed by atoms with Gasteiger partial charge in [-0.15, -0.1) is 0 Å². The Balaban J connectivity index is 1.79. The van der Waals surface area contributed by atoms with Crippen LogP contribution in [0.3, 0.4) is 0 Å². The maximum atomic E-state index is 13.7. The standard InChI is InChI=1S/C31H37ClN4O9/c1-2-45-27(37)17-33-31(41)28(38)25(19-44-18-21-11-7-4-8-12-21)35-30(40)24(15-20-9-5-3-6-10-20)34-29(39)22-13-14-23(32)26(16-22)36(42)43/h4,7-8,11-14,16,20,24-25H,2-3,5-6,9-10,15,17-19H2,1H3,(H,33,41)(H,34,39)(H,35,40)/t24-,25?/m1/s1. The summed E-state index contributed by atoms with van der Waals surface area (Å²) in [4.78, 5) is 75.0. The highest BCUT2D eigenvalue weighted by Crippen LogP contribution is 2.28. The molecule has 1 aliphatic rings. The lowest BCUT2D eigenvalue weighted by molar-refractivity contribution is -0.384. The monoisotopic (exact) mass is 644 g/mol. The molecule has 2 aromatic carbocycles. The molecule has 0 radical (unpaired) electrons. The van der Waals surface area contributed by atoms with Crippen molar-refractivity contribution in [3.63, 3.8) is 0 Å². The predicted octanol–water partition coefficient (Wildman–Crippen LogP) is 3.27. The van der Waals surface area contributed by atoms with Gasteiger partial charge in [-0.1, -0.05) is 74.0 Å². The van der Waals surface area contributed by atoms with Crippen molar-refractivity contribution in [2.75, 3.05) is 19.8 Å². The molecule has 1 saturated carbocycles. The summed E-state index contributed by atoms with van der Waals surface area (Å²) in [7, 11) is 0. The Morgan fingerprint density at radius 2 is 1.71 bits per heavy atom. The third-order valence-electron chi connectivity index (χ3n) is 7.27. The lowest BCUT2D eigenvalue weighted by Gasteiger charge is -2.28. The minimum Gasteiger partial charge on any atom is -0.465 e. The Hall–Kier alpha value is -4.36. The molecule has 2 aromatic rings. The molecule has 0 aliphatic heterocycles. The topological polar surface area (TPSA) is 183 Å². The molecule has 14 heteroatoms. The van der Waals surface area contributed by atoms with Gasteiger partial charge in [-0.25, -0.2) is 0 Å². The zero-order valence-corrected chi connectivity index (χ0v) is 25.7. The van der Waals surface area contributed by atoms with Crippen LogP contribution in [0.25, 0.3) is 0 Å². The average molecular weight is 645 g/mol. The molecule has 3 rings (SSSR count). The third-order valence-corrected chi connectivity index (χ3v) is 7.59.